The number of carbonyl (C=O) groups excluding carboxylic acids is 1. The largest absolute Gasteiger partial charge is 0.489 e. The van der Waals surface area contributed by atoms with Crippen molar-refractivity contribution < 1.29 is 18.5 Å². The van der Waals surface area contributed by atoms with Crippen molar-refractivity contribution in [3.63, 3.8) is 0 Å². The van der Waals surface area contributed by atoms with Gasteiger partial charge in [-0.25, -0.2) is 0 Å². The van der Waals surface area contributed by atoms with Gasteiger partial charge in [0, 0.05) is 5.02 Å². The highest BCUT2D eigenvalue weighted by atomic mass is 35.5. The molecule has 2 heterocycles. The lowest BCUT2D eigenvalue weighted by molar-refractivity contribution is 0.0936. The Morgan fingerprint density at radius 1 is 1.29 bits per heavy atom. The molecule has 7 heteroatoms. The van der Waals surface area contributed by atoms with Crippen molar-refractivity contribution in [2.24, 2.45) is 0 Å². The number of ether oxygens (including phenoxy) is 1. The molecule has 0 aliphatic rings. The number of amides is 1. The summed E-state index contributed by atoms with van der Waals surface area (Å²) in [7, 11) is 0. The number of hydrogen-bond donors (Lipinski definition) is 1. The van der Waals surface area contributed by atoms with Crippen molar-refractivity contribution in [2.75, 3.05) is 0 Å². The molecule has 3 aromatic rings. The van der Waals surface area contributed by atoms with Crippen LogP contribution in [0.4, 0.5) is 0 Å². The summed E-state index contributed by atoms with van der Waals surface area (Å²) in [6, 6.07) is 10.5. The van der Waals surface area contributed by atoms with Crippen LogP contribution < -0.4 is 10.1 Å². The van der Waals surface area contributed by atoms with Crippen molar-refractivity contribution in [1.29, 1.82) is 0 Å². The lowest BCUT2D eigenvalue weighted by Gasteiger charge is -2.07. The number of rotatable bonds is 6. The van der Waals surface area contributed by atoms with Gasteiger partial charge >= 0.3 is 0 Å². The Morgan fingerprint density at radius 3 is 2.79 bits per heavy atom. The molecule has 0 saturated heterocycles. The summed E-state index contributed by atoms with van der Waals surface area (Å²) < 4.78 is 16.0. The summed E-state index contributed by atoms with van der Waals surface area (Å²) in [6.07, 6.45) is 1.55. The van der Waals surface area contributed by atoms with Crippen LogP contribution in [0.1, 0.15) is 27.6 Å². The molecule has 0 saturated carbocycles. The van der Waals surface area contributed by atoms with E-state index in [2.05, 4.69) is 10.5 Å². The fraction of sp³-hybridized carbons (Fsp3) is 0.176. The average Bonchev–Trinajstić information content (AvgIpc) is 3.22. The predicted molar refractivity (Wildman–Crippen MR) is 86.9 cm³/mol. The molecule has 0 fully saturated rings. The summed E-state index contributed by atoms with van der Waals surface area (Å²) in [6.45, 7) is 2.17. The third-order valence-electron chi connectivity index (χ3n) is 3.40. The number of nitrogens with one attached hydrogen (secondary N) is 1. The fourth-order valence-electron chi connectivity index (χ4n) is 2.09. The van der Waals surface area contributed by atoms with E-state index in [1.807, 2.05) is 0 Å². The quantitative estimate of drug-likeness (QED) is 0.735. The van der Waals surface area contributed by atoms with Gasteiger partial charge in [0.25, 0.3) is 5.91 Å². The summed E-state index contributed by atoms with van der Waals surface area (Å²) >= 11 is 5.84. The second-order valence-electron chi connectivity index (χ2n) is 5.07. The number of halogens is 1. The highest BCUT2D eigenvalue weighted by Gasteiger charge is 2.20. The molecule has 0 atom stereocenters. The van der Waals surface area contributed by atoms with Gasteiger partial charge in [-0.1, -0.05) is 16.8 Å². The summed E-state index contributed by atoms with van der Waals surface area (Å²) in [4.78, 5) is 12.3. The van der Waals surface area contributed by atoms with Gasteiger partial charge in [0.05, 0.1) is 18.4 Å². The molecule has 3 rings (SSSR count). The molecule has 1 amide bonds. The highest BCUT2D eigenvalue weighted by Crippen LogP contribution is 2.20. The second-order valence-corrected chi connectivity index (χ2v) is 5.51. The molecule has 24 heavy (non-hydrogen) atoms. The van der Waals surface area contributed by atoms with Crippen molar-refractivity contribution in [3.8, 4) is 5.75 Å². The van der Waals surface area contributed by atoms with E-state index in [0.29, 0.717) is 27.9 Å². The van der Waals surface area contributed by atoms with E-state index in [1.165, 1.54) is 0 Å². The van der Waals surface area contributed by atoms with Gasteiger partial charge in [-0.2, -0.15) is 0 Å². The van der Waals surface area contributed by atoms with Crippen LogP contribution in [0.3, 0.4) is 0 Å². The van der Waals surface area contributed by atoms with Gasteiger partial charge in [-0.05, 0) is 43.3 Å². The molecular formula is C17H15ClN2O4. The fourth-order valence-corrected chi connectivity index (χ4v) is 2.22. The first-order valence-corrected chi connectivity index (χ1v) is 7.65. The molecule has 0 bridgehead atoms. The maximum absolute atomic E-state index is 12.3. The van der Waals surface area contributed by atoms with Gasteiger partial charge in [-0.3, -0.25) is 4.79 Å². The van der Waals surface area contributed by atoms with E-state index in [4.69, 9.17) is 25.3 Å². The third kappa shape index (κ3) is 3.78. The van der Waals surface area contributed by atoms with Crippen LogP contribution in [0.25, 0.3) is 0 Å². The maximum Gasteiger partial charge on any atom is 0.274 e. The molecule has 1 aromatic carbocycles. The van der Waals surface area contributed by atoms with E-state index in [9.17, 15) is 4.79 Å². The van der Waals surface area contributed by atoms with Gasteiger partial charge in [0.15, 0.2) is 5.69 Å². The second kappa shape index (κ2) is 7.23. The number of benzene rings is 1. The minimum atomic E-state index is -0.349. The van der Waals surface area contributed by atoms with E-state index >= 15 is 0 Å². The number of nitrogens with zero attached hydrogens (tertiary/aromatic N) is 1. The molecular weight excluding hydrogens is 332 g/mol. The molecule has 124 valence electrons. The topological polar surface area (TPSA) is 77.5 Å². The molecule has 0 aliphatic heterocycles. The first-order valence-electron chi connectivity index (χ1n) is 7.27. The first-order chi connectivity index (χ1) is 11.6. The zero-order valence-electron chi connectivity index (χ0n) is 12.9. The lowest BCUT2D eigenvalue weighted by atomic mass is 10.2. The van der Waals surface area contributed by atoms with Crippen LogP contribution in [0.5, 0.6) is 5.75 Å². The molecule has 0 spiro atoms. The van der Waals surface area contributed by atoms with Crippen molar-refractivity contribution >= 4 is 17.5 Å². The van der Waals surface area contributed by atoms with Crippen LogP contribution >= 0.6 is 11.6 Å². The van der Waals surface area contributed by atoms with E-state index < -0.39 is 0 Å². The standard InChI is InChI=1S/C17H15ClN2O4/c1-11-15(10-23-13-6-4-12(18)5-7-13)16(20-24-11)17(21)19-9-14-3-2-8-22-14/h2-8H,9-10H2,1H3,(H,19,21). The Labute approximate surface area is 143 Å². The summed E-state index contributed by atoms with van der Waals surface area (Å²) in [5, 5.41) is 7.18. The van der Waals surface area contributed by atoms with Gasteiger partial charge in [0.2, 0.25) is 0 Å². The molecule has 0 aliphatic carbocycles. The Kier molecular flexibility index (Phi) is 4.86. The zero-order valence-corrected chi connectivity index (χ0v) is 13.7. The molecule has 0 radical (unpaired) electrons. The molecule has 6 nitrogen and oxygen atoms in total. The van der Waals surface area contributed by atoms with E-state index in [-0.39, 0.29) is 24.8 Å². The van der Waals surface area contributed by atoms with Crippen LogP contribution in [0.2, 0.25) is 5.02 Å². The van der Waals surface area contributed by atoms with Gasteiger partial charge < -0.3 is 19.0 Å². The maximum atomic E-state index is 12.3. The van der Waals surface area contributed by atoms with Crippen molar-refractivity contribution in [2.45, 2.75) is 20.1 Å². The predicted octanol–water partition coefficient (Wildman–Crippen LogP) is 3.74. The Hall–Kier alpha value is -2.73. The molecule has 2 aromatic heterocycles. The minimum Gasteiger partial charge on any atom is -0.489 e. The Balaban J connectivity index is 1.66. The smallest absolute Gasteiger partial charge is 0.274 e. The highest BCUT2D eigenvalue weighted by molar-refractivity contribution is 6.30. The molecule has 0 unspecified atom stereocenters. The summed E-state index contributed by atoms with van der Waals surface area (Å²) in [5.74, 6) is 1.48. The number of furan rings is 1. The number of carbonyl (C=O) groups is 1. The Morgan fingerprint density at radius 2 is 2.08 bits per heavy atom. The Bertz CT molecular complexity index is 810. The number of aryl methyl sites for hydroxylation is 1. The minimum absolute atomic E-state index is 0.167. The van der Waals surface area contributed by atoms with Crippen molar-refractivity contribution in [1.82, 2.24) is 10.5 Å². The van der Waals surface area contributed by atoms with Crippen LogP contribution in [0.15, 0.2) is 51.6 Å². The normalized spacial score (nSPS) is 10.6. The first kappa shape index (κ1) is 16.1. The summed E-state index contributed by atoms with van der Waals surface area (Å²) in [5.41, 5.74) is 0.801. The third-order valence-corrected chi connectivity index (χ3v) is 3.65. The average molecular weight is 347 g/mol. The van der Waals surface area contributed by atoms with Crippen molar-refractivity contribution in [3.05, 3.63) is 70.5 Å². The number of hydrogen-bond acceptors (Lipinski definition) is 5. The van der Waals surface area contributed by atoms with Crippen LogP contribution in [-0.4, -0.2) is 11.1 Å². The van der Waals surface area contributed by atoms with Gasteiger partial charge in [0.1, 0.15) is 23.9 Å². The molecule has 1 N–H and O–H groups in total. The lowest BCUT2D eigenvalue weighted by Crippen LogP contribution is -2.24. The van der Waals surface area contributed by atoms with E-state index in [1.54, 1.807) is 49.6 Å². The van der Waals surface area contributed by atoms with Crippen LogP contribution in [0, 0.1) is 6.92 Å². The SMILES string of the molecule is Cc1onc(C(=O)NCc2ccco2)c1COc1ccc(Cl)cc1. The van der Waals surface area contributed by atoms with Crippen LogP contribution in [-0.2, 0) is 13.2 Å². The number of aromatic nitrogens is 1. The zero-order chi connectivity index (χ0) is 16.9. The van der Waals surface area contributed by atoms with Gasteiger partial charge in [-0.15, -0.1) is 0 Å². The van der Waals surface area contributed by atoms with E-state index in [0.717, 1.165) is 0 Å². The monoisotopic (exact) mass is 346 g/mol.